The van der Waals surface area contributed by atoms with Crippen molar-refractivity contribution < 1.29 is 23.8 Å². The van der Waals surface area contributed by atoms with Crippen molar-refractivity contribution in [3.05, 3.63) is 0 Å². The summed E-state index contributed by atoms with van der Waals surface area (Å²) in [7, 11) is 0. The van der Waals surface area contributed by atoms with Crippen LogP contribution in [0.3, 0.4) is 0 Å². The van der Waals surface area contributed by atoms with Gasteiger partial charge in [-0.15, -0.1) is 0 Å². The zero-order chi connectivity index (χ0) is 13.6. The number of hydrogen-bond donors (Lipinski definition) is 0. The van der Waals surface area contributed by atoms with Crippen molar-refractivity contribution in [2.75, 3.05) is 6.61 Å². The predicted molar refractivity (Wildman–Crippen MR) is 62.5 cm³/mol. The van der Waals surface area contributed by atoms with Gasteiger partial charge >= 0.3 is 11.8 Å². The minimum Gasteiger partial charge on any atom is -0.462 e. The van der Waals surface area contributed by atoms with E-state index < -0.39 is 17.5 Å². The molecule has 0 saturated heterocycles. The van der Waals surface area contributed by atoms with E-state index in [0.29, 0.717) is 0 Å². The molecule has 0 atom stereocenters. The molecule has 0 amide bonds. The number of Topliss-reactive ketones (excluding diaryl/α,β-unsaturated/α-hetero) is 1. The SMILES string of the molecule is CCOC(=O)C(OC(C)C)(OC(C)C)C(C)=O. The van der Waals surface area contributed by atoms with Gasteiger partial charge in [0.05, 0.1) is 18.8 Å². The van der Waals surface area contributed by atoms with Gasteiger partial charge in [0.25, 0.3) is 0 Å². The molecule has 5 heteroatoms. The lowest BCUT2D eigenvalue weighted by Gasteiger charge is -2.32. The zero-order valence-electron chi connectivity index (χ0n) is 11.4. The van der Waals surface area contributed by atoms with Crippen LogP contribution in [0.25, 0.3) is 0 Å². The van der Waals surface area contributed by atoms with Gasteiger partial charge in [-0.3, -0.25) is 4.79 Å². The molecule has 17 heavy (non-hydrogen) atoms. The third kappa shape index (κ3) is 4.44. The Balaban J connectivity index is 5.23. The number of ketones is 1. The van der Waals surface area contributed by atoms with Crippen molar-refractivity contribution in [1.82, 2.24) is 0 Å². The molecular weight excluding hydrogens is 224 g/mol. The van der Waals surface area contributed by atoms with Crippen LogP contribution in [-0.4, -0.2) is 36.4 Å². The maximum absolute atomic E-state index is 11.9. The summed E-state index contributed by atoms with van der Waals surface area (Å²) in [6.07, 6.45) is -0.663. The number of ether oxygens (including phenoxy) is 3. The summed E-state index contributed by atoms with van der Waals surface area (Å²) in [5.41, 5.74) is 0. The van der Waals surface area contributed by atoms with Crippen molar-refractivity contribution >= 4 is 11.8 Å². The van der Waals surface area contributed by atoms with E-state index in [1.807, 2.05) is 0 Å². The maximum atomic E-state index is 11.9. The minimum absolute atomic E-state index is 0.163. The second-order valence-corrected chi connectivity index (χ2v) is 4.23. The fourth-order valence-corrected chi connectivity index (χ4v) is 1.32. The smallest absolute Gasteiger partial charge is 0.375 e. The number of esters is 1. The van der Waals surface area contributed by atoms with E-state index >= 15 is 0 Å². The third-order valence-electron chi connectivity index (χ3n) is 1.81. The molecule has 0 rings (SSSR count). The Kier molecular flexibility index (Phi) is 6.34. The van der Waals surface area contributed by atoms with Crippen LogP contribution < -0.4 is 0 Å². The molecule has 5 nitrogen and oxygen atoms in total. The first-order valence-electron chi connectivity index (χ1n) is 5.80. The van der Waals surface area contributed by atoms with Crippen LogP contribution in [-0.2, 0) is 23.8 Å². The predicted octanol–water partition coefficient (Wildman–Crippen LogP) is 1.68. The highest BCUT2D eigenvalue weighted by Crippen LogP contribution is 2.22. The van der Waals surface area contributed by atoms with E-state index in [1.165, 1.54) is 6.92 Å². The van der Waals surface area contributed by atoms with E-state index in [4.69, 9.17) is 14.2 Å². The number of hydrogen-bond acceptors (Lipinski definition) is 5. The molecule has 0 aromatic rings. The first-order valence-corrected chi connectivity index (χ1v) is 5.80. The second-order valence-electron chi connectivity index (χ2n) is 4.23. The largest absolute Gasteiger partial charge is 0.462 e. The third-order valence-corrected chi connectivity index (χ3v) is 1.81. The Morgan fingerprint density at radius 2 is 1.47 bits per heavy atom. The van der Waals surface area contributed by atoms with Crippen LogP contribution in [0, 0.1) is 0 Å². The monoisotopic (exact) mass is 246 g/mol. The Morgan fingerprint density at radius 3 is 1.71 bits per heavy atom. The van der Waals surface area contributed by atoms with Crippen molar-refractivity contribution in [3.63, 3.8) is 0 Å². The molecule has 0 aromatic heterocycles. The quantitative estimate of drug-likeness (QED) is 0.388. The van der Waals surface area contributed by atoms with Crippen molar-refractivity contribution in [2.24, 2.45) is 0 Å². The van der Waals surface area contributed by atoms with Crippen molar-refractivity contribution in [2.45, 2.75) is 59.5 Å². The molecule has 0 spiro atoms. The van der Waals surface area contributed by atoms with Crippen LogP contribution in [0.4, 0.5) is 0 Å². The zero-order valence-corrected chi connectivity index (χ0v) is 11.4. The van der Waals surface area contributed by atoms with Gasteiger partial charge < -0.3 is 14.2 Å². The highest BCUT2D eigenvalue weighted by molar-refractivity contribution is 6.04. The summed E-state index contributed by atoms with van der Waals surface area (Å²) >= 11 is 0. The van der Waals surface area contributed by atoms with Crippen LogP contribution in [0.2, 0.25) is 0 Å². The molecule has 0 bridgehead atoms. The van der Waals surface area contributed by atoms with Gasteiger partial charge in [0.15, 0.2) is 0 Å². The fraction of sp³-hybridized carbons (Fsp3) is 0.833. The first-order chi connectivity index (χ1) is 7.76. The van der Waals surface area contributed by atoms with Crippen LogP contribution in [0.1, 0.15) is 41.5 Å². The van der Waals surface area contributed by atoms with Gasteiger partial charge in [-0.05, 0) is 34.6 Å². The molecule has 0 unspecified atom stereocenters. The first kappa shape index (κ1) is 16.1. The second kappa shape index (κ2) is 6.71. The summed E-state index contributed by atoms with van der Waals surface area (Å²) in [6.45, 7) is 9.97. The molecule has 0 fully saturated rings. The standard InChI is InChI=1S/C12H22O5/c1-7-15-11(14)12(10(6)13,16-8(2)3)17-9(4)5/h8-9H,7H2,1-6H3. The summed E-state index contributed by atoms with van der Waals surface area (Å²) in [6, 6.07) is 0. The summed E-state index contributed by atoms with van der Waals surface area (Å²) in [5.74, 6) is -3.26. The highest BCUT2D eigenvalue weighted by atomic mass is 16.7. The number of rotatable bonds is 7. The molecule has 0 radical (unpaired) electrons. The van der Waals surface area contributed by atoms with E-state index in [2.05, 4.69) is 0 Å². The van der Waals surface area contributed by atoms with Crippen LogP contribution in [0.5, 0.6) is 0 Å². The van der Waals surface area contributed by atoms with Crippen molar-refractivity contribution in [1.29, 1.82) is 0 Å². The topological polar surface area (TPSA) is 61.8 Å². The molecule has 0 aliphatic heterocycles. The Bertz CT molecular complexity index is 260. The number of carbonyl (C=O) groups is 2. The Hall–Kier alpha value is -0.940. The normalized spacial score (nSPS) is 12.0. The summed E-state index contributed by atoms with van der Waals surface area (Å²) in [5, 5.41) is 0. The van der Waals surface area contributed by atoms with Gasteiger partial charge in [0, 0.05) is 6.92 Å². The number of carbonyl (C=O) groups excluding carboxylic acids is 2. The van der Waals surface area contributed by atoms with E-state index in [1.54, 1.807) is 34.6 Å². The minimum atomic E-state index is -1.95. The lowest BCUT2D eigenvalue weighted by atomic mass is 10.1. The Labute approximate surface area is 102 Å². The molecular formula is C12H22O5. The van der Waals surface area contributed by atoms with Crippen molar-refractivity contribution in [3.8, 4) is 0 Å². The van der Waals surface area contributed by atoms with Crippen LogP contribution >= 0.6 is 0 Å². The maximum Gasteiger partial charge on any atom is 0.375 e. The van der Waals surface area contributed by atoms with E-state index in [9.17, 15) is 9.59 Å². The van der Waals surface area contributed by atoms with Gasteiger partial charge in [0.1, 0.15) is 0 Å². The average Bonchev–Trinajstić information content (AvgIpc) is 2.14. The fourth-order valence-electron chi connectivity index (χ4n) is 1.32. The van der Waals surface area contributed by atoms with E-state index in [0.717, 1.165) is 0 Å². The van der Waals surface area contributed by atoms with Gasteiger partial charge in [-0.25, -0.2) is 4.79 Å². The molecule has 0 saturated carbocycles. The van der Waals surface area contributed by atoms with Gasteiger partial charge in [0.2, 0.25) is 5.78 Å². The van der Waals surface area contributed by atoms with E-state index in [-0.39, 0.29) is 18.8 Å². The van der Waals surface area contributed by atoms with Gasteiger partial charge in [-0.1, -0.05) is 0 Å². The summed E-state index contributed by atoms with van der Waals surface area (Å²) < 4.78 is 15.6. The molecule has 100 valence electrons. The lowest BCUT2D eigenvalue weighted by molar-refractivity contribution is -0.258. The molecule has 0 aliphatic rings. The lowest BCUT2D eigenvalue weighted by Crippen LogP contribution is -2.54. The van der Waals surface area contributed by atoms with Crippen LogP contribution in [0.15, 0.2) is 0 Å². The average molecular weight is 246 g/mol. The molecule has 0 aromatic carbocycles. The Morgan fingerprint density at radius 1 is 1.06 bits per heavy atom. The molecule has 0 aliphatic carbocycles. The molecule has 0 heterocycles. The summed E-state index contributed by atoms with van der Waals surface area (Å²) in [4.78, 5) is 23.6. The van der Waals surface area contributed by atoms with Gasteiger partial charge in [-0.2, -0.15) is 0 Å². The molecule has 0 N–H and O–H groups in total. The highest BCUT2D eigenvalue weighted by Gasteiger charge is 2.49.